The zero-order chi connectivity index (χ0) is 20.5. The molecule has 27 heavy (non-hydrogen) atoms. The maximum absolute atomic E-state index is 12.8. The van der Waals surface area contributed by atoms with E-state index in [1.54, 1.807) is 6.92 Å². The lowest BCUT2D eigenvalue weighted by Gasteiger charge is -2.43. The Morgan fingerprint density at radius 2 is 1.85 bits per heavy atom. The lowest BCUT2D eigenvalue weighted by molar-refractivity contribution is -0.309. The van der Waals surface area contributed by atoms with Crippen molar-refractivity contribution >= 4 is 11.6 Å². The smallest absolute Gasteiger partial charge is 0.187 e. The van der Waals surface area contributed by atoms with Crippen LogP contribution in [-0.4, -0.2) is 75.4 Å². The molecule has 0 saturated carbocycles. The number of hydrogen-bond donors (Lipinski definition) is 4. The van der Waals surface area contributed by atoms with Crippen molar-refractivity contribution in [3.8, 4) is 0 Å². The average molecular weight is 386 g/mol. The highest BCUT2D eigenvalue weighted by molar-refractivity contribution is 6.00. The lowest BCUT2D eigenvalue weighted by atomic mass is 9.69. The van der Waals surface area contributed by atoms with Gasteiger partial charge in [-0.25, -0.2) is 0 Å². The Bertz CT molecular complexity index is 609. The second-order valence-electron chi connectivity index (χ2n) is 8.08. The molecule has 0 amide bonds. The minimum atomic E-state index is -1.56. The van der Waals surface area contributed by atoms with Crippen LogP contribution in [0.15, 0.2) is 11.1 Å². The molecule has 8 nitrogen and oxygen atoms in total. The van der Waals surface area contributed by atoms with Crippen molar-refractivity contribution in [2.75, 3.05) is 6.61 Å². The fourth-order valence-corrected chi connectivity index (χ4v) is 3.86. The summed E-state index contributed by atoms with van der Waals surface area (Å²) in [5.74, 6) is -0.205. The molecule has 4 N–H and O–H groups in total. The number of ether oxygens (including phenoxy) is 2. The van der Waals surface area contributed by atoms with E-state index in [2.05, 4.69) is 0 Å². The van der Waals surface area contributed by atoms with E-state index in [1.165, 1.54) is 6.92 Å². The Labute approximate surface area is 158 Å². The van der Waals surface area contributed by atoms with Gasteiger partial charge in [-0.3, -0.25) is 4.79 Å². The summed E-state index contributed by atoms with van der Waals surface area (Å²) in [4.78, 5) is 24.1. The van der Waals surface area contributed by atoms with E-state index in [4.69, 9.17) is 9.47 Å². The van der Waals surface area contributed by atoms with Crippen molar-refractivity contribution in [3.05, 3.63) is 11.1 Å². The van der Waals surface area contributed by atoms with Gasteiger partial charge in [0.15, 0.2) is 12.1 Å². The number of carbonyl (C=O) groups excluding carboxylic acids is 2. The predicted molar refractivity (Wildman–Crippen MR) is 94.7 cm³/mol. The molecule has 1 aliphatic heterocycles. The average Bonchev–Trinajstić information content (AvgIpc) is 2.59. The van der Waals surface area contributed by atoms with E-state index in [9.17, 15) is 30.0 Å². The first kappa shape index (κ1) is 22.1. The first-order valence-corrected chi connectivity index (χ1v) is 9.19. The molecule has 2 rings (SSSR count). The molecular weight excluding hydrogens is 356 g/mol. The standard InChI is InChI=1S/C19H30O8/c1-9(21)5-6-11-10(2)14(22)12(7-19(11,3)4)26-18-17(25)16(24)15(23)13(8-20)27-18/h12-13,15-18,20,23-25H,5-8H2,1-4H3/t12-,13+,15+,16-,17+,18+/m0/s1. The molecule has 154 valence electrons. The number of carbonyl (C=O) groups is 2. The molecule has 0 radical (unpaired) electrons. The van der Waals surface area contributed by atoms with Crippen LogP contribution in [0.25, 0.3) is 0 Å². The van der Waals surface area contributed by atoms with Crippen molar-refractivity contribution < 1.29 is 39.5 Å². The van der Waals surface area contributed by atoms with Gasteiger partial charge in [-0.05, 0) is 37.7 Å². The Balaban J connectivity index is 2.18. The van der Waals surface area contributed by atoms with Gasteiger partial charge in [0.25, 0.3) is 0 Å². The second-order valence-corrected chi connectivity index (χ2v) is 8.08. The Hall–Kier alpha value is -1.16. The second kappa shape index (κ2) is 8.46. The molecule has 0 aromatic heterocycles. The molecule has 0 aromatic rings. The van der Waals surface area contributed by atoms with Crippen LogP contribution in [-0.2, 0) is 19.1 Å². The zero-order valence-electron chi connectivity index (χ0n) is 16.2. The molecule has 2 aliphatic rings. The Kier molecular flexibility index (Phi) is 6.94. The topological polar surface area (TPSA) is 134 Å². The SMILES string of the molecule is CC(=O)CCC1=C(C)C(=O)[C@@H](O[C@@H]2O[C@H](CO)[C@@H](O)[C@H](O)[C@H]2O)CC1(C)C. The Morgan fingerprint density at radius 1 is 1.22 bits per heavy atom. The van der Waals surface area contributed by atoms with Crippen molar-refractivity contribution in [1.82, 2.24) is 0 Å². The molecule has 0 aromatic carbocycles. The van der Waals surface area contributed by atoms with E-state index >= 15 is 0 Å². The van der Waals surface area contributed by atoms with Gasteiger partial charge in [0.05, 0.1) is 6.61 Å². The van der Waals surface area contributed by atoms with Gasteiger partial charge in [-0.1, -0.05) is 19.4 Å². The summed E-state index contributed by atoms with van der Waals surface area (Å²) in [6.07, 6.45) is -6.75. The molecule has 1 saturated heterocycles. The van der Waals surface area contributed by atoms with Gasteiger partial charge in [0, 0.05) is 6.42 Å². The third-order valence-corrected chi connectivity index (χ3v) is 5.50. The molecular formula is C19H30O8. The molecule has 1 aliphatic carbocycles. The number of Topliss-reactive ketones (excluding diaryl/α,β-unsaturated/α-hetero) is 2. The van der Waals surface area contributed by atoms with E-state index in [-0.39, 0.29) is 11.6 Å². The summed E-state index contributed by atoms with van der Waals surface area (Å²) in [5, 5.41) is 39.1. The first-order chi connectivity index (χ1) is 12.5. The summed E-state index contributed by atoms with van der Waals surface area (Å²) in [5.41, 5.74) is 1.05. The molecule has 0 spiro atoms. The van der Waals surface area contributed by atoms with E-state index in [0.717, 1.165) is 5.57 Å². The molecule has 6 atom stereocenters. The van der Waals surface area contributed by atoms with Crippen molar-refractivity contribution in [1.29, 1.82) is 0 Å². The van der Waals surface area contributed by atoms with Crippen molar-refractivity contribution in [2.24, 2.45) is 5.41 Å². The summed E-state index contributed by atoms with van der Waals surface area (Å²) in [6, 6.07) is 0. The molecule has 0 unspecified atom stereocenters. The molecule has 8 heteroatoms. The lowest BCUT2D eigenvalue weighted by Crippen LogP contribution is -2.60. The maximum atomic E-state index is 12.8. The normalized spacial score (nSPS) is 36.8. The highest BCUT2D eigenvalue weighted by atomic mass is 16.7. The monoisotopic (exact) mass is 386 g/mol. The Morgan fingerprint density at radius 3 is 2.41 bits per heavy atom. The highest BCUT2D eigenvalue weighted by Crippen LogP contribution is 2.42. The summed E-state index contributed by atoms with van der Waals surface area (Å²) < 4.78 is 11.0. The van der Waals surface area contributed by atoms with Crippen LogP contribution in [0.3, 0.4) is 0 Å². The third kappa shape index (κ3) is 4.64. The number of rotatable bonds is 6. The van der Waals surface area contributed by atoms with E-state index in [1.807, 2.05) is 13.8 Å². The first-order valence-electron chi connectivity index (χ1n) is 9.19. The quantitative estimate of drug-likeness (QED) is 0.496. The summed E-state index contributed by atoms with van der Waals surface area (Å²) in [6.45, 7) is 6.56. The van der Waals surface area contributed by atoms with Gasteiger partial charge >= 0.3 is 0 Å². The van der Waals surface area contributed by atoms with E-state index < -0.39 is 48.8 Å². The number of ketones is 2. The van der Waals surface area contributed by atoms with Gasteiger partial charge in [-0.15, -0.1) is 0 Å². The number of allylic oxidation sites excluding steroid dienone is 1. The van der Waals surface area contributed by atoms with E-state index in [0.29, 0.717) is 24.8 Å². The fraction of sp³-hybridized carbons (Fsp3) is 0.789. The van der Waals surface area contributed by atoms with Gasteiger partial charge in [-0.2, -0.15) is 0 Å². The van der Waals surface area contributed by atoms with Crippen LogP contribution in [0.1, 0.15) is 47.0 Å². The van der Waals surface area contributed by atoms with Gasteiger partial charge < -0.3 is 34.7 Å². The molecule has 1 heterocycles. The summed E-state index contributed by atoms with van der Waals surface area (Å²) >= 11 is 0. The third-order valence-electron chi connectivity index (χ3n) is 5.50. The van der Waals surface area contributed by atoms with Crippen molar-refractivity contribution in [2.45, 2.75) is 83.8 Å². The zero-order valence-corrected chi connectivity index (χ0v) is 16.2. The van der Waals surface area contributed by atoms with Crippen molar-refractivity contribution in [3.63, 3.8) is 0 Å². The van der Waals surface area contributed by atoms with Crippen LogP contribution in [0.2, 0.25) is 0 Å². The predicted octanol–water partition coefficient (Wildman–Crippen LogP) is -0.144. The number of aliphatic hydroxyl groups is 4. The van der Waals surface area contributed by atoms with Gasteiger partial charge in [0.1, 0.15) is 36.3 Å². The molecule has 1 fully saturated rings. The summed E-state index contributed by atoms with van der Waals surface area (Å²) in [7, 11) is 0. The maximum Gasteiger partial charge on any atom is 0.187 e. The minimum absolute atomic E-state index is 0.0539. The van der Waals surface area contributed by atoms with Crippen LogP contribution in [0.4, 0.5) is 0 Å². The fourth-order valence-electron chi connectivity index (χ4n) is 3.86. The van der Waals surface area contributed by atoms with Crippen LogP contribution >= 0.6 is 0 Å². The molecule has 0 bridgehead atoms. The largest absolute Gasteiger partial charge is 0.394 e. The minimum Gasteiger partial charge on any atom is -0.394 e. The highest BCUT2D eigenvalue weighted by Gasteiger charge is 2.47. The number of aliphatic hydroxyl groups excluding tert-OH is 4. The van der Waals surface area contributed by atoms with Gasteiger partial charge in [0.2, 0.25) is 0 Å². The number of hydrogen-bond acceptors (Lipinski definition) is 8. The van der Waals surface area contributed by atoms with Crippen LogP contribution in [0.5, 0.6) is 0 Å². The van der Waals surface area contributed by atoms with Crippen LogP contribution in [0, 0.1) is 5.41 Å². The van der Waals surface area contributed by atoms with Crippen LogP contribution < -0.4 is 0 Å².